The van der Waals surface area contributed by atoms with Gasteiger partial charge in [0.05, 0.1) is 19.6 Å². The fraction of sp³-hybridized carbons (Fsp3) is 0.286. The average molecular weight is 872 g/mol. The molecule has 0 saturated heterocycles. The molecule has 3 amide bonds. The van der Waals surface area contributed by atoms with Crippen molar-refractivity contribution >= 4 is 52.6 Å². The predicted octanol–water partition coefficient (Wildman–Crippen LogP) is 5.33. The van der Waals surface area contributed by atoms with Crippen LogP contribution in [0.25, 0.3) is 11.1 Å². The van der Waals surface area contributed by atoms with Crippen LogP contribution < -0.4 is 20.7 Å². The van der Waals surface area contributed by atoms with Crippen LogP contribution in [0, 0.1) is 11.8 Å². The predicted molar refractivity (Wildman–Crippen MR) is 236 cm³/mol. The second kappa shape index (κ2) is 22.2. The molecule has 326 valence electrons. The van der Waals surface area contributed by atoms with Gasteiger partial charge in [0.25, 0.3) is 0 Å². The van der Waals surface area contributed by atoms with E-state index in [9.17, 15) is 38.7 Å². The fourth-order valence-corrected chi connectivity index (χ4v) is 8.23. The summed E-state index contributed by atoms with van der Waals surface area (Å²) in [5.74, 6) is -6.77. The van der Waals surface area contributed by atoms with Crippen molar-refractivity contribution in [2.24, 2.45) is 11.8 Å². The number of amides is 3. The Bertz CT molecular complexity index is 2350. The molecule has 14 heteroatoms. The molecule has 2 aliphatic rings. The van der Waals surface area contributed by atoms with Gasteiger partial charge in [-0.1, -0.05) is 103 Å². The minimum absolute atomic E-state index is 0.0220. The van der Waals surface area contributed by atoms with Crippen molar-refractivity contribution in [3.05, 3.63) is 148 Å². The van der Waals surface area contributed by atoms with Crippen LogP contribution in [-0.2, 0) is 64.0 Å². The topological polar surface area (TPSA) is 194 Å². The van der Waals surface area contributed by atoms with E-state index in [1.807, 2.05) is 78.2 Å². The van der Waals surface area contributed by atoms with Crippen LogP contribution in [0.3, 0.4) is 0 Å². The van der Waals surface area contributed by atoms with Crippen LogP contribution in [0.2, 0.25) is 0 Å². The molecule has 2 bridgehead atoms. The highest BCUT2D eigenvalue weighted by molar-refractivity contribution is 7.09. The van der Waals surface area contributed by atoms with Crippen molar-refractivity contribution in [2.75, 3.05) is 13.7 Å². The highest BCUT2D eigenvalue weighted by atomic mass is 32.1. The van der Waals surface area contributed by atoms with Gasteiger partial charge in [0, 0.05) is 36.0 Å². The maximum absolute atomic E-state index is 14.6. The van der Waals surface area contributed by atoms with Gasteiger partial charge in [-0.25, -0.2) is 4.79 Å². The lowest BCUT2D eigenvalue weighted by molar-refractivity contribution is -0.150. The molecule has 1 aromatic heterocycles. The lowest BCUT2D eigenvalue weighted by Gasteiger charge is -2.26. The van der Waals surface area contributed by atoms with Crippen molar-refractivity contribution in [2.45, 2.75) is 63.1 Å². The first-order valence-corrected chi connectivity index (χ1v) is 21.5. The number of hydrogen-bond donors (Lipinski definition) is 4. The summed E-state index contributed by atoms with van der Waals surface area (Å²) in [7, 11) is 1.07. The largest absolute Gasteiger partial charge is 0.486 e. The lowest BCUT2D eigenvalue weighted by atomic mass is 9.89. The summed E-state index contributed by atoms with van der Waals surface area (Å²) in [6.45, 7) is -0.329. The lowest BCUT2D eigenvalue weighted by Crippen LogP contribution is -2.54. The van der Waals surface area contributed by atoms with Crippen molar-refractivity contribution in [1.29, 1.82) is 0 Å². The number of ether oxygens (including phenoxy) is 2. The first kappa shape index (κ1) is 45.6. The summed E-state index contributed by atoms with van der Waals surface area (Å²) in [4.78, 5) is 96.0. The Hall–Kier alpha value is -6.93. The van der Waals surface area contributed by atoms with Gasteiger partial charge in [-0.05, 0) is 70.7 Å². The number of methoxy groups -OCH3 is 1. The van der Waals surface area contributed by atoms with Crippen molar-refractivity contribution < 1.29 is 48.1 Å². The third kappa shape index (κ3) is 13.5. The maximum Gasteiger partial charge on any atom is 0.328 e. The average Bonchev–Trinajstić information content (AvgIpc) is 3.81. The van der Waals surface area contributed by atoms with E-state index in [1.54, 1.807) is 48.5 Å². The third-order valence-corrected chi connectivity index (χ3v) is 11.7. The van der Waals surface area contributed by atoms with E-state index in [-0.39, 0.29) is 44.5 Å². The van der Waals surface area contributed by atoms with Gasteiger partial charge in [-0.2, -0.15) is 0 Å². The van der Waals surface area contributed by atoms with Gasteiger partial charge in [0.15, 0.2) is 11.6 Å². The Balaban J connectivity index is 1.36. The molecule has 0 aliphatic carbocycles. The van der Waals surface area contributed by atoms with Crippen molar-refractivity contribution in [3.8, 4) is 16.9 Å². The molecule has 0 unspecified atom stereocenters. The molecule has 0 fully saturated rings. The van der Waals surface area contributed by atoms with Crippen LogP contribution in [0.5, 0.6) is 5.75 Å². The quantitative estimate of drug-likeness (QED) is 0.119. The van der Waals surface area contributed by atoms with E-state index < -0.39 is 78.2 Å². The maximum atomic E-state index is 14.6. The second-order valence-electron chi connectivity index (χ2n) is 15.5. The monoisotopic (exact) mass is 871 g/mol. The van der Waals surface area contributed by atoms with Gasteiger partial charge in [0.2, 0.25) is 17.7 Å². The standard InChI is InChI=1S/C49H49N3O10S/c1-61-49(60)43(29-45(55)56)52-46(57)36-23-32-16-20-39(21-17-32)62-30-38(53)26-37(27-40-13-8-22-63-40)47(58)51-42(25-33-14-18-35(19-15-33)34-11-6-3-7-12-34)48(59)50-41(44(54)28-36)24-31-9-4-2-5-10-31/h2-22,36-37,41-43H,23-30H2,1H3,(H,50,59)(H,51,58)(H,52,57)(H,55,56)/t36-,37+,41+,42-,43+/m1/s1. The van der Waals surface area contributed by atoms with Gasteiger partial charge in [-0.3, -0.25) is 28.8 Å². The van der Waals surface area contributed by atoms with E-state index in [2.05, 4.69) is 16.0 Å². The van der Waals surface area contributed by atoms with Crippen LogP contribution in [0.1, 0.15) is 40.8 Å². The molecule has 4 aromatic carbocycles. The normalized spacial score (nSPS) is 19.3. The number of thiophene rings is 1. The molecule has 13 nitrogen and oxygen atoms in total. The Morgan fingerprint density at radius 2 is 1.37 bits per heavy atom. The summed E-state index contributed by atoms with van der Waals surface area (Å²) in [6.07, 6.45) is -1.04. The number of carbonyl (C=O) groups is 7. The van der Waals surface area contributed by atoms with E-state index in [4.69, 9.17) is 9.47 Å². The molecular weight excluding hydrogens is 823 g/mol. The van der Waals surface area contributed by atoms with E-state index in [0.29, 0.717) is 16.9 Å². The van der Waals surface area contributed by atoms with Crippen molar-refractivity contribution in [3.63, 3.8) is 0 Å². The number of Topliss-reactive ketones (excluding diaryl/α,β-unsaturated/α-hetero) is 2. The van der Waals surface area contributed by atoms with E-state index >= 15 is 0 Å². The Labute approximate surface area is 369 Å². The Morgan fingerprint density at radius 1 is 0.730 bits per heavy atom. The molecule has 5 aromatic rings. The zero-order valence-corrected chi connectivity index (χ0v) is 35.5. The van der Waals surface area contributed by atoms with Gasteiger partial charge in [0.1, 0.15) is 24.4 Å². The number of fused-ring (bicyclic) bond motifs is 16. The molecule has 0 spiro atoms. The number of nitrogens with one attached hydrogen (secondary N) is 3. The molecule has 4 N–H and O–H groups in total. The molecule has 0 radical (unpaired) electrons. The number of carboxylic acid groups (broad SMARTS) is 1. The SMILES string of the molecule is COC(=O)[C@H](CC(=O)O)NC(=O)[C@H]1CC(=O)[C@H](Cc2ccccc2)NC(=O)[C@@H](Cc2ccc(-c3ccccc3)cc2)NC(=O)[C@H](Cc2cccs2)CC(=O)COc2ccc(cc2)C1. The van der Waals surface area contributed by atoms with E-state index in [0.717, 1.165) is 28.7 Å². The number of esters is 1. The number of ketones is 2. The first-order valence-electron chi connectivity index (χ1n) is 20.6. The Morgan fingerprint density at radius 3 is 2.02 bits per heavy atom. The third-order valence-electron chi connectivity index (χ3n) is 10.8. The minimum Gasteiger partial charge on any atom is -0.486 e. The van der Waals surface area contributed by atoms with E-state index in [1.165, 1.54) is 11.3 Å². The summed E-state index contributed by atoms with van der Waals surface area (Å²) in [6, 6.07) is 32.7. The number of rotatable bonds is 12. The van der Waals surface area contributed by atoms with Crippen molar-refractivity contribution in [1.82, 2.24) is 16.0 Å². The summed E-state index contributed by atoms with van der Waals surface area (Å²) in [5.41, 5.74) is 3.99. The summed E-state index contributed by atoms with van der Waals surface area (Å²) < 4.78 is 10.6. The molecule has 63 heavy (non-hydrogen) atoms. The van der Waals surface area contributed by atoms with Gasteiger partial charge in [-0.15, -0.1) is 11.3 Å². The first-order chi connectivity index (χ1) is 30.4. The molecule has 5 atom stereocenters. The highest BCUT2D eigenvalue weighted by Crippen LogP contribution is 2.24. The molecule has 7 rings (SSSR count). The van der Waals surface area contributed by atoms with Crippen LogP contribution in [0.15, 0.2) is 127 Å². The number of carboxylic acids is 1. The molecule has 3 heterocycles. The zero-order valence-electron chi connectivity index (χ0n) is 34.7. The number of benzene rings is 4. The fourth-order valence-electron chi connectivity index (χ4n) is 7.44. The number of hydrogen-bond acceptors (Lipinski definition) is 10. The molecule has 0 saturated carbocycles. The summed E-state index contributed by atoms with van der Waals surface area (Å²) in [5, 5.41) is 19.7. The number of carbonyl (C=O) groups excluding carboxylic acids is 6. The Kier molecular flexibility index (Phi) is 16.1. The van der Waals surface area contributed by atoms with Crippen LogP contribution in [0.4, 0.5) is 0 Å². The zero-order chi connectivity index (χ0) is 44.7. The van der Waals surface area contributed by atoms with Gasteiger partial charge >= 0.3 is 11.9 Å². The smallest absolute Gasteiger partial charge is 0.328 e. The highest BCUT2D eigenvalue weighted by Gasteiger charge is 2.34. The van der Waals surface area contributed by atoms with Crippen LogP contribution in [-0.4, -0.2) is 78.2 Å². The van der Waals surface area contributed by atoms with Gasteiger partial charge < -0.3 is 30.5 Å². The molecular formula is C49H49N3O10S. The minimum atomic E-state index is -1.53. The second-order valence-corrected chi connectivity index (χ2v) is 16.5. The molecule has 2 aliphatic heterocycles. The summed E-state index contributed by atoms with van der Waals surface area (Å²) >= 11 is 1.45. The number of aliphatic carboxylic acids is 1. The van der Waals surface area contributed by atoms with Crippen LogP contribution >= 0.6 is 11.3 Å².